The summed E-state index contributed by atoms with van der Waals surface area (Å²) in [4.78, 5) is 19.2. The van der Waals surface area contributed by atoms with Crippen molar-refractivity contribution < 1.29 is 4.79 Å². The van der Waals surface area contributed by atoms with E-state index in [4.69, 9.17) is 0 Å². The lowest BCUT2D eigenvalue weighted by molar-refractivity contribution is 0.0702. The van der Waals surface area contributed by atoms with Gasteiger partial charge in [0.25, 0.3) is 5.91 Å². The summed E-state index contributed by atoms with van der Waals surface area (Å²) >= 11 is 1.65. The van der Waals surface area contributed by atoms with Gasteiger partial charge in [0.05, 0.1) is 17.0 Å². The summed E-state index contributed by atoms with van der Waals surface area (Å²) in [5.74, 6) is 0.0776. The predicted octanol–water partition coefficient (Wildman–Crippen LogP) is 2.94. The lowest BCUT2D eigenvalue weighted by Gasteiger charge is -2.32. The van der Waals surface area contributed by atoms with Crippen molar-refractivity contribution in [3.63, 3.8) is 0 Å². The van der Waals surface area contributed by atoms with Crippen LogP contribution in [-0.4, -0.2) is 42.0 Å². The topological polar surface area (TPSA) is 45.2 Å². The molecule has 1 aliphatic heterocycles. The molecule has 5 heteroatoms. The third-order valence-corrected chi connectivity index (χ3v) is 4.99. The first-order chi connectivity index (χ1) is 10.7. The molecule has 3 rings (SSSR count). The van der Waals surface area contributed by atoms with Crippen molar-refractivity contribution >= 4 is 17.2 Å². The van der Waals surface area contributed by atoms with Crippen LogP contribution in [0.5, 0.6) is 0 Å². The Kier molecular flexibility index (Phi) is 4.55. The summed E-state index contributed by atoms with van der Waals surface area (Å²) < 4.78 is 0. The smallest absolute Gasteiger partial charge is 0.255 e. The SMILES string of the molecule is Cc1nc(-c2ccsc2)ccc1C(=O)N(C)C1CCNCC1. The number of piperidine rings is 1. The molecule has 1 amide bonds. The van der Waals surface area contributed by atoms with Crippen LogP contribution in [0.4, 0.5) is 0 Å². The first-order valence-electron chi connectivity index (χ1n) is 7.65. The van der Waals surface area contributed by atoms with Crippen LogP contribution < -0.4 is 5.32 Å². The predicted molar refractivity (Wildman–Crippen MR) is 90.3 cm³/mol. The van der Waals surface area contributed by atoms with Crippen LogP contribution >= 0.6 is 11.3 Å². The second-order valence-corrected chi connectivity index (χ2v) is 6.52. The van der Waals surface area contributed by atoms with Gasteiger partial charge >= 0.3 is 0 Å². The molecular formula is C17H21N3OS. The van der Waals surface area contributed by atoms with Gasteiger partial charge in [-0.3, -0.25) is 9.78 Å². The number of thiophene rings is 1. The number of nitrogens with zero attached hydrogens (tertiary/aromatic N) is 2. The third kappa shape index (κ3) is 3.05. The maximum atomic E-state index is 12.7. The minimum absolute atomic E-state index is 0.0776. The molecule has 2 aromatic heterocycles. The molecular weight excluding hydrogens is 294 g/mol. The zero-order valence-electron chi connectivity index (χ0n) is 13.0. The summed E-state index contributed by atoms with van der Waals surface area (Å²) in [6, 6.07) is 6.23. The summed E-state index contributed by atoms with van der Waals surface area (Å²) in [6.07, 6.45) is 2.03. The summed E-state index contributed by atoms with van der Waals surface area (Å²) in [7, 11) is 1.91. The van der Waals surface area contributed by atoms with Crippen LogP contribution in [-0.2, 0) is 0 Å². The number of carbonyl (C=O) groups is 1. The van der Waals surface area contributed by atoms with Gasteiger partial charge < -0.3 is 10.2 Å². The van der Waals surface area contributed by atoms with Crippen molar-refractivity contribution in [3.8, 4) is 11.3 Å². The number of pyridine rings is 1. The minimum Gasteiger partial charge on any atom is -0.339 e. The van der Waals surface area contributed by atoms with Crippen molar-refractivity contribution in [2.45, 2.75) is 25.8 Å². The van der Waals surface area contributed by atoms with Crippen molar-refractivity contribution in [1.29, 1.82) is 0 Å². The molecule has 2 aromatic rings. The molecule has 0 radical (unpaired) electrons. The minimum atomic E-state index is 0.0776. The van der Waals surface area contributed by atoms with E-state index in [0.717, 1.165) is 42.9 Å². The Morgan fingerprint density at radius 2 is 2.09 bits per heavy atom. The van der Waals surface area contributed by atoms with Crippen molar-refractivity contribution in [3.05, 3.63) is 40.2 Å². The molecule has 0 unspecified atom stereocenters. The molecule has 4 nitrogen and oxygen atoms in total. The standard InChI is InChI=1S/C17H21N3OS/c1-12-15(3-4-16(19-12)13-7-10-22-11-13)17(21)20(2)14-5-8-18-9-6-14/h3-4,7,10-11,14,18H,5-6,8-9H2,1-2H3. The summed E-state index contributed by atoms with van der Waals surface area (Å²) in [6.45, 7) is 3.88. The lowest BCUT2D eigenvalue weighted by Crippen LogP contribution is -2.44. The van der Waals surface area contributed by atoms with E-state index in [2.05, 4.69) is 21.7 Å². The number of aromatic nitrogens is 1. The number of hydrogen-bond acceptors (Lipinski definition) is 4. The van der Waals surface area contributed by atoms with Crippen LogP contribution in [0, 0.1) is 6.92 Å². The maximum absolute atomic E-state index is 12.7. The highest BCUT2D eigenvalue weighted by Crippen LogP contribution is 2.22. The van der Waals surface area contributed by atoms with Gasteiger partial charge in [-0.1, -0.05) is 0 Å². The number of nitrogens with one attached hydrogen (secondary N) is 1. The monoisotopic (exact) mass is 315 g/mol. The lowest BCUT2D eigenvalue weighted by atomic mass is 10.0. The molecule has 1 saturated heterocycles. The molecule has 22 heavy (non-hydrogen) atoms. The molecule has 0 bridgehead atoms. The van der Waals surface area contributed by atoms with Crippen molar-refractivity contribution in [2.75, 3.05) is 20.1 Å². The molecule has 1 aliphatic rings. The molecule has 0 spiro atoms. The number of rotatable bonds is 3. The molecule has 0 aromatic carbocycles. The Balaban J connectivity index is 1.80. The van der Waals surface area contributed by atoms with E-state index in [9.17, 15) is 4.79 Å². The van der Waals surface area contributed by atoms with Gasteiger partial charge in [0, 0.05) is 24.0 Å². The van der Waals surface area contributed by atoms with E-state index in [1.54, 1.807) is 11.3 Å². The van der Waals surface area contributed by atoms with E-state index in [1.165, 1.54) is 0 Å². The number of carbonyl (C=O) groups excluding carboxylic acids is 1. The zero-order valence-corrected chi connectivity index (χ0v) is 13.8. The van der Waals surface area contributed by atoms with Crippen molar-refractivity contribution in [1.82, 2.24) is 15.2 Å². The molecule has 0 saturated carbocycles. The van der Waals surface area contributed by atoms with Gasteiger partial charge in [0.1, 0.15) is 0 Å². The Labute approximate surface area is 135 Å². The van der Waals surface area contributed by atoms with E-state index in [1.807, 2.05) is 36.4 Å². The number of amides is 1. The second kappa shape index (κ2) is 6.58. The van der Waals surface area contributed by atoms with Crippen LogP contribution in [0.15, 0.2) is 29.0 Å². The van der Waals surface area contributed by atoms with Crippen LogP contribution in [0.2, 0.25) is 0 Å². The molecule has 0 aliphatic carbocycles. The van der Waals surface area contributed by atoms with Gasteiger partial charge in [-0.15, -0.1) is 0 Å². The normalized spacial score (nSPS) is 15.7. The molecule has 1 N–H and O–H groups in total. The van der Waals surface area contributed by atoms with Gasteiger partial charge in [-0.25, -0.2) is 0 Å². The van der Waals surface area contributed by atoms with Crippen LogP contribution in [0.1, 0.15) is 28.9 Å². The van der Waals surface area contributed by atoms with Crippen LogP contribution in [0.25, 0.3) is 11.3 Å². The summed E-state index contributed by atoms with van der Waals surface area (Å²) in [5.41, 5.74) is 3.55. The molecule has 116 valence electrons. The molecule has 0 atom stereocenters. The summed E-state index contributed by atoms with van der Waals surface area (Å²) in [5, 5.41) is 7.45. The Morgan fingerprint density at radius 3 is 2.73 bits per heavy atom. The fraction of sp³-hybridized carbons (Fsp3) is 0.412. The fourth-order valence-electron chi connectivity index (χ4n) is 2.91. The Bertz CT molecular complexity index is 648. The van der Waals surface area contributed by atoms with Gasteiger partial charge in [-0.05, 0) is 56.4 Å². The van der Waals surface area contributed by atoms with Crippen LogP contribution in [0.3, 0.4) is 0 Å². The quantitative estimate of drug-likeness (QED) is 0.947. The number of hydrogen-bond donors (Lipinski definition) is 1. The van der Waals surface area contributed by atoms with Gasteiger partial charge in [-0.2, -0.15) is 11.3 Å². The van der Waals surface area contributed by atoms with Gasteiger partial charge in [0.15, 0.2) is 0 Å². The zero-order chi connectivity index (χ0) is 15.5. The Morgan fingerprint density at radius 1 is 1.32 bits per heavy atom. The fourth-order valence-corrected chi connectivity index (χ4v) is 3.56. The Hall–Kier alpha value is -1.72. The first-order valence-corrected chi connectivity index (χ1v) is 8.59. The van der Waals surface area contributed by atoms with E-state index < -0.39 is 0 Å². The van der Waals surface area contributed by atoms with E-state index in [0.29, 0.717) is 11.6 Å². The van der Waals surface area contributed by atoms with E-state index >= 15 is 0 Å². The maximum Gasteiger partial charge on any atom is 0.255 e. The highest BCUT2D eigenvalue weighted by molar-refractivity contribution is 7.08. The molecule has 1 fully saturated rings. The average molecular weight is 315 g/mol. The first kappa shape index (κ1) is 15.2. The average Bonchev–Trinajstić information content (AvgIpc) is 3.09. The second-order valence-electron chi connectivity index (χ2n) is 5.74. The highest BCUT2D eigenvalue weighted by atomic mass is 32.1. The largest absolute Gasteiger partial charge is 0.339 e. The van der Waals surface area contributed by atoms with Crippen molar-refractivity contribution in [2.24, 2.45) is 0 Å². The third-order valence-electron chi connectivity index (χ3n) is 4.31. The van der Waals surface area contributed by atoms with E-state index in [-0.39, 0.29) is 5.91 Å². The van der Waals surface area contributed by atoms with Gasteiger partial charge in [0.2, 0.25) is 0 Å². The highest BCUT2D eigenvalue weighted by Gasteiger charge is 2.24. The number of aryl methyl sites for hydroxylation is 1. The molecule has 3 heterocycles.